The zero-order valence-electron chi connectivity index (χ0n) is 19.7. The second kappa shape index (κ2) is 11.6. The van der Waals surface area contributed by atoms with Crippen molar-refractivity contribution in [2.75, 3.05) is 6.61 Å². The number of aromatic nitrogens is 1. The number of ether oxygens (including phenoxy) is 2. The fourth-order valence-electron chi connectivity index (χ4n) is 3.64. The van der Waals surface area contributed by atoms with E-state index >= 15 is 4.39 Å². The van der Waals surface area contributed by atoms with Crippen LogP contribution in [0.25, 0.3) is 5.57 Å². The molecule has 35 heavy (non-hydrogen) atoms. The van der Waals surface area contributed by atoms with E-state index in [4.69, 9.17) is 9.47 Å². The normalized spacial score (nSPS) is 17.2. The van der Waals surface area contributed by atoms with Gasteiger partial charge in [0.15, 0.2) is 0 Å². The molecule has 0 N–H and O–H groups in total. The van der Waals surface area contributed by atoms with Crippen LogP contribution in [0.15, 0.2) is 84.1 Å². The minimum Gasteiger partial charge on any atom is -0.489 e. The first-order valence-corrected chi connectivity index (χ1v) is 11.9. The lowest BCUT2D eigenvalue weighted by molar-refractivity contribution is -0.121. The SMILES string of the molecule is CCCCCCOc1ccc(C2(F)N=CC(c3ccc(OCc4ccccc4)cc3)=CN2F)cn1. The van der Waals surface area contributed by atoms with E-state index in [1.165, 1.54) is 24.5 Å². The molecule has 1 aliphatic rings. The molecule has 5 nitrogen and oxygen atoms in total. The minimum absolute atomic E-state index is 0.0189. The maximum atomic E-state index is 15.4. The van der Waals surface area contributed by atoms with Crippen LogP contribution in [0.3, 0.4) is 0 Å². The molecule has 4 rings (SSSR count). The number of nitrogens with zero attached hydrogens (tertiary/aromatic N) is 3. The van der Waals surface area contributed by atoms with Gasteiger partial charge in [0.25, 0.3) is 0 Å². The lowest BCUT2D eigenvalue weighted by atomic mass is 10.1. The Hall–Kier alpha value is -3.74. The standard InChI is InChI=1S/C28H29F2N3O2/c1-2-3-4-8-17-34-27-16-13-25(19-31-27)28(29)32-18-24(20-33(28)30)23-11-14-26(15-12-23)35-21-22-9-6-5-7-10-22/h5-7,9-16,18-20H,2-4,8,17,21H2,1H3. The van der Waals surface area contributed by atoms with Crippen LogP contribution < -0.4 is 9.47 Å². The molecule has 0 fully saturated rings. The molecule has 0 bridgehead atoms. The van der Waals surface area contributed by atoms with Gasteiger partial charge >= 0.3 is 5.92 Å². The highest BCUT2D eigenvalue weighted by molar-refractivity contribution is 6.10. The molecule has 1 aromatic heterocycles. The van der Waals surface area contributed by atoms with Gasteiger partial charge in [-0.2, -0.15) is 9.51 Å². The van der Waals surface area contributed by atoms with E-state index in [9.17, 15) is 4.48 Å². The lowest BCUT2D eigenvalue weighted by Crippen LogP contribution is -2.34. The average molecular weight is 478 g/mol. The van der Waals surface area contributed by atoms with Gasteiger partial charge < -0.3 is 9.47 Å². The van der Waals surface area contributed by atoms with Gasteiger partial charge in [-0.3, -0.25) is 0 Å². The highest BCUT2D eigenvalue weighted by Gasteiger charge is 2.40. The Bertz CT molecular complexity index is 1140. The smallest absolute Gasteiger partial charge is 0.331 e. The van der Waals surface area contributed by atoms with Crippen molar-refractivity contribution in [1.82, 2.24) is 10.1 Å². The summed E-state index contributed by atoms with van der Waals surface area (Å²) in [5, 5.41) is -0.0373. The van der Waals surface area contributed by atoms with Crippen LogP contribution >= 0.6 is 0 Å². The van der Waals surface area contributed by atoms with Crippen molar-refractivity contribution >= 4 is 11.8 Å². The van der Waals surface area contributed by atoms with Crippen molar-refractivity contribution in [1.29, 1.82) is 0 Å². The number of hydrogen-bond acceptors (Lipinski definition) is 5. The van der Waals surface area contributed by atoms with E-state index in [1.807, 2.05) is 30.3 Å². The Labute approximate surface area is 204 Å². The predicted octanol–water partition coefficient (Wildman–Crippen LogP) is 7.01. The zero-order chi connectivity index (χ0) is 24.5. The second-order valence-corrected chi connectivity index (χ2v) is 8.33. The summed E-state index contributed by atoms with van der Waals surface area (Å²) in [6.45, 7) is 3.14. The molecule has 1 unspecified atom stereocenters. The number of unbranched alkanes of at least 4 members (excludes halogenated alkanes) is 3. The number of hydrogen-bond donors (Lipinski definition) is 0. The van der Waals surface area contributed by atoms with Crippen LogP contribution in [0.5, 0.6) is 11.6 Å². The molecule has 0 radical (unpaired) electrons. The molecular weight excluding hydrogens is 448 g/mol. The lowest BCUT2D eigenvalue weighted by Gasteiger charge is -2.29. The van der Waals surface area contributed by atoms with Crippen molar-refractivity contribution < 1.29 is 18.3 Å². The Kier molecular flexibility index (Phi) is 8.08. The Morgan fingerprint density at radius 2 is 1.71 bits per heavy atom. The highest BCUT2D eigenvalue weighted by Crippen LogP contribution is 2.37. The Balaban J connectivity index is 1.36. The summed E-state index contributed by atoms with van der Waals surface area (Å²) in [4.78, 5) is 7.99. The molecule has 0 saturated carbocycles. The van der Waals surface area contributed by atoms with Gasteiger partial charge in [0, 0.05) is 30.3 Å². The predicted molar refractivity (Wildman–Crippen MR) is 133 cm³/mol. The van der Waals surface area contributed by atoms with Crippen LogP contribution in [0.1, 0.15) is 49.3 Å². The number of benzene rings is 2. The van der Waals surface area contributed by atoms with Crippen molar-refractivity contribution in [2.24, 2.45) is 4.99 Å². The second-order valence-electron chi connectivity index (χ2n) is 8.33. The largest absolute Gasteiger partial charge is 0.489 e. The van der Waals surface area contributed by atoms with Crippen LogP contribution in [0, 0.1) is 0 Å². The van der Waals surface area contributed by atoms with E-state index in [0.717, 1.165) is 37.4 Å². The number of aliphatic imine (C=N–C) groups is 1. The first-order valence-electron chi connectivity index (χ1n) is 11.9. The summed E-state index contributed by atoms with van der Waals surface area (Å²) in [7, 11) is 0. The molecule has 1 aliphatic heterocycles. The molecule has 3 aromatic rings. The molecular formula is C28H29F2N3O2. The van der Waals surface area contributed by atoms with E-state index in [0.29, 0.717) is 36.0 Å². The fourth-order valence-corrected chi connectivity index (χ4v) is 3.64. The zero-order valence-corrected chi connectivity index (χ0v) is 19.7. The maximum Gasteiger partial charge on any atom is 0.331 e. The third-order valence-electron chi connectivity index (χ3n) is 5.70. The maximum absolute atomic E-state index is 15.4. The number of rotatable bonds is 11. The van der Waals surface area contributed by atoms with E-state index < -0.39 is 5.92 Å². The monoisotopic (exact) mass is 477 g/mol. The Morgan fingerprint density at radius 3 is 2.40 bits per heavy atom. The third kappa shape index (κ3) is 6.23. The van der Waals surface area contributed by atoms with Crippen molar-refractivity contribution in [3.05, 3.63) is 95.8 Å². The van der Waals surface area contributed by atoms with Crippen molar-refractivity contribution in [3.63, 3.8) is 0 Å². The van der Waals surface area contributed by atoms with Gasteiger partial charge in [0.2, 0.25) is 5.88 Å². The molecule has 182 valence electrons. The van der Waals surface area contributed by atoms with Gasteiger partial charge in [0.1, 0.15) is 12.4 Å². The third-order valence-corrected chi connectivity index (χ3v) is 5.70. The van der Waals surface area contributed by atoms with E-state index in [-0.39, 0.29) is 10.7 Å². The quantitative estimate of drug-likeness (QED) is 0.169. The summed E-state index contributed by atoms with van der Waals surface area (Å²) < 4.78 is 41.7. The molecule has 0 aliphatic carbocycles. The van der Waals surface area contributed by atoms with E-state index in [1.54, 1.807) is 24.3 Å². The number of pyridine rings is 1. The summed E-state index contributed by atoms with van der Waals surface area (Å²) >= 11 is 0. The minimum atomic E-state index is -2.69. The summed E-state index contributed by atoms with van der Waals surface area (Å²) in [6, 6.07) is 20.0. The van der Waals surface area contributed by atoms with Crippen LogP contribution in [-0.2, 0) is 12.5 Å². The van der Waals surface area contributed by atoms with Crippen LogP contribution in [0.2, 0.25) is 0 Å². The fraction of sp³-hybridized carbons (Fsp3) is 0.286. The van der Waals surface area contributed by atoms with Gasteiger partial charge in [-0.15, -0.1) is 0 Å². The first-order chi connectivity index (χ1) is 17.1. The molecule has 2 heterocycles. The highest BCUT2D eigenvalue weighted by atomic mass is 19.2. The molecule has 0 spiro atoms. The topological polar surface area (TPSA) is 47.0 Å². The van der Waals surface area contributed by atoms with Gasteiger partial charge in [-0.1, -0.05) is 73.1 Å². The average Bonchev–Trinajstić information content (AvgIpc) is 2.90. The summed E-state index contributed by atoms with van der Waals surface area (Å²) in [5.74, 6) is -1.62. The van der Waals surface area contributed by atoms with Gasteiger partial charge in [-0.25, -0.2) is 9.98 Å². The van der Waals surface area contributed by atoms with Crippen molar-refractivity contribution in [3.8, 4) is 11.6 Å². The number of alkyl halides is 1. The molecule has 7 heteroatoms. The number of allylic oxidation sites excluding steroid dienone is 1. The van der Waals surface area contributed by atoms with Gasteiger partial charge in [0.05, 0.1) is 12.2 Å². The summed E-state index contributed by atoms with van der Waals surface area (Å²) in [6.07, 6.45) is 8.00. The van der Waals surface area contributed by atoms with Crippen molar-refractivity contribution in [2.45, 2.75) is 45.1 Å². The molecule has 1 atom stereocenters. The number of halogens is 2. The molecule has 0 amide bonds. The Morgan fingerprint density at radius 1 is 0.914 bits per heavy atom. The molecule has 0 saturated heterocycles. The van der Waals surface area contributed by atoms with E-state index in [2.05, 4.69) is 16.9 Å². The molecule has 2 aromatic carbocycles. The van der Waals surface area contributed by atoms with Gasteiger partial charge in [-0.05, 0) is 35.7 Å². The summed E-state index contributed by atoms with van der Waals surface area (Å²) in [5.41, 5.74) is 2.17. The van der Waals surface area contributed by atoms with Crippen LogP contribution in [0.4, 0.5) is 8.87 Å². The first kappa shape index (κ1) is 24.4. The van der Waals surface area contributed by atoms with Crippen LogP contribution in [-0.4, -0.2) is 22.9 Å².